The van der Waals surface area contributed by atoms with E-state index in [1.54, 1.807) is 6.20 Å². The van der Waals surface area contributed by atoms with Crippen LogP contribution < -0.4 is 10.2 Å². The number of hydrogen-bond donors (Lipinski definition) is 0. The number of pyridine rings is 1. The smallest absolute Gasteiger partial charge is 0.285 e. The molecule has 0 aliphatic heterocycles. The van der Waals surface area contributed by atoms with Gasteiger partial charge in [-0.15, -0.1) is 11.8 Å². The number of carbonyl (C=O) groups is 1. The van der Waals surface area contributed by atoms with Crippen LogP contribution in [0.15, 0.2) is 40.4 Å². The second-order valence-corrected chi connectivity index (χ2v) is 7.99. The predicted molar refractivity (Wildman–Crippen MR) is 113 cm³/mol. The molecule has 3 rings (SSSR count). The fourth-order valence-corrected chi connectivity index (χ4v) is 4.16. The minimum Gasteiger partial charge on any atom is -0.495 e. The molecule has 1 saturated carbocycles. The van der Waals surface area contributed by atoms with Gasteiger partial charge in [0.05, 0.1) is 29.0 Å². The molecule has 2 aromatic rings. The standard InChI is InChI=1S/C21H25N3O4S/c1-14-9-10-23(20(11-14)22-15-7-5-4-6-8-15)21(25)16-12-19(29-3)18(28-2)13-17(16)24(26)27/h9-13,15H,4-8H2,1-3H3. The minimum atomic E-state index is -0.549. The first-order chi connectivity index (χ1) is 13.9. The summed E-state index contributed by atoms with van der Waals surface area (Å²) in [7, 11) is 1.45. The van der Waals surface area contributed by atoms with Crippen LogP contribution in [0.2, 0.25) is 0 Å². The van der Waals surface area contributed by atoms with Gasteiger partial charge < -0.3 is 4.74 Å². The first-order valence-electron chi connectivity index (χ1n) is 9.63. The lowest BCUT2D eigenvalue weighted by Crippen LogP contribution is -2.30. The van der Waals surface area contributed by atoms with Gasteiger partial charge in [0.25, 0.3) is 11.6 Å². The summed E-state index contributed by atoms with van der Waals surface area (Å²) in [6, 6.07) is 6.68. The molecule has 0 atom stereocenters. The fraction of sp³-hybridized carbons (Fsp3) is 0.429. The molecular weight excluding hydrogens is 390 g/mol. The molecule has 1 fully saturated rings. The molecular formula is C21H25N3O4S. The third kappa shape index (κ3) is 4.70. The summed E-state index contributed by atoms with van der Waals surface area (Å²) < 4.78 is 6.66. The molecule has 1 aliphatic rings. The number of carbonyl (C=O) groups excluding carboxylic acids is 1. The Labute approximate surface area is 174 Å². The largest absolute Gasteiger partial charge is 0.495 e. The minimum absolute atomic E-state index is 0.0223. The summed E-state index contributed by atoms with van der Waals surface area (Å²) in [5.41, 5.74) is 1.27. The molecule has 7 nitrogen and oxygen atoms in total. The van der Waals surface area contributed by atoms with E-state index in [0.29, 0.717) is 16.1 Å². The predicted octanol–water partition coefficient (Wildman–Crippen LogP) is 4.36. The van der Waals surface area contributed by atoms with E-state index in [9.17, 15) is 14.9 Å². The summed E-state index contributed by atoms with van der Waals surface area (Å²) in [6.07, 6.45) is 8.97. The van der Waals surface area contributed by atoms with Crippen molar-refractivity contribution in [1.82, 2.24) is 4.57 Å². The summed E-state index contributed by atoms with van der Waals surface area (Å²) in [5, 5.41) is 11.6. The van der Waals surface area contributed by atoms with Crippen LogP contribution >= 0.6 is 11.8 Å². The maximum Gasteiger partial charge on any atom is 0.285 e. The van der Waals surface area contributed by atoms with E-state index in [2.05, 4.69) is 0 Å². The second-order valence-electron chi connectivity index (χ2n) is 7.14. The van der Waals surface area contributed by atoms with Gasteiger partial charge in [-0.05, 0) is 49.8 Å². The van der Waals surface area contributed by atoms with E-state index in [-0.39, 0.29) is 17.3 Å². The number of rotatable bonds is 5. The van der Waals surface area contributed by atoms with Crippen LogP contribution in [0.5, 0.6) is 5.75 Å². The van der Waals surface area contributed by atoms with Gasteiger partial charge in [-0.2, -0.15) is 0 Å². The molecule has 0 saturated heterocycles. The van der Waals surface area contributed by atoms with E-state index in [1.165, 1.54) is 42.0 Å². The zero-order valence-corrected chi connectivity index (χ0v) is 17.7. The lowest BCUT2D eigenvalue weighted by molar-refractivity contribution is -0.385. The van der Waals surface area contributed by atoms with Crippen LogP contribution in [0.25, 0.3) is 0 Å². The van der Waals surface area contributed by atoms with Crippen LogP contribution in [0.4, 0.5) is 5.69 Å². The Morgan fingerprint density at radius 2 is 2.00 bits per heavy atom. The molecule has 0 radical (unpaired) electrons. The van der Waals surface area contributed by atoms with Gasteiger partial charge in [-0.25, -0.2) is 0 Å². The lowest BCUT2D eigenvalue weighted by atomic mass is 9.96. The van der Waals surface area contributed by atoms with Gasteiger partial charge in [-0.1, -0.05) is 19.3 Å². The Balaban J connectivity index is 2.14. The molecule has 1 aliphatic carbocycles. The highest BCUT2D eigenvalue weighted by atomic mass is 32.2. The summed E-state index contributed by atoms with van der Waals surface area (Å²) >= 11 is 1.37. The SMILES string of the molecule is COc1cc([N+](=O)[O-])c(C(=O)n2ccc(C)cc2=NC2CCCCC2)cc1SC. The van der Waals surface area contributed by atoms with Gasteiger partial charge in [0.15, 0.2) is 0 Å². The third-order valence-corrected chi connectivity index (χ3v) is 5.89. The van der Waals surface area contributed by atoms with Gasteiger partial charge in [0, 0.05) is 6.20 Å². The fourth-order valence-electron chi connectivity index (χ4n) is 3.58. The summed E-state index contributed by atoms with van der Waals surface area (Å²) in [5.74, 6) is -0.0917. The normalized spacial score (nSPS) is 15.3. The first-order valence-corrected chi connectivity index (χ1v) is 10.9. The van der Waals surface area contributed by atoms with Crippen molar-refractivity contribution >= 4 is 23.4 Å². The van der Waals surface area contributed by atoms with Crippen molar-refractivity contribution in [2.45, 2.75) is 50.0 Å². The molecule has 1 aromatic heterocycles. The third-order valence-electron chi connectivity index (χ3n) is 5.13. The average molecular weight is 416 g/mol. The van der Waals surface area contributed by atoms with Crippen LogP contribution in [-0.2, 0) is 0 Å². The number of aryl methyl sites for hydroxylation is 1. The number of ether oxygens (including phenoxy) is 1. The Kier molecular flexibility index (Phi) is 6.74. The molecule has 0 N–H and O–H groups in total. The molecule has 29 heavy (non-hydrogen) atoms. The molecule has 0 spiro atoms. The molecule has 0 bridgehead atoms. The maximum absolute atomic E-state index is 13.4. The molecule has 154 valence electrons. The number of nitro groups is 1. The summed E-state index contributed by atoms with van der Waals surface area (Å²) in [6.45, 7) is 1.94. The van der Waals surface area contributed by atoms with Gasteiger partial charge in [0.1, 0.15) is 16.8 Å². The van der Waals surface area contributed by atoms with Crippen LogP contribution in [-0.4, -0.2) is 34.8 Å². The van der Waals surface area contributed by atoms with Crippen molar-refractivity contribution in [3.8, 4) is 5.75 Å². The number of nitrogens with zero attached hydrogens (tertiary/aromatic N) is 3. The number of nitro benzene ring substituents is 1. The molecule has 1 aromatic carbocycles. The van der Waals surface area contributed by atoms with E-state index in [4.69, 9.17) is 9.73 Å². The van der Waals surface area contributed by atoms with Gasteiger partial charge in [0.2, 0.25) is 0 Å². The highest BCUT2D eigenvalue weighted by Gasteiger charge is 2.25. The zero-order chi connectivity index (χ0) is 21.0. The van der Waals surface area contributed by atoms with Crippen molar-refractivity contribution < 1.29 is 14.5 Å². The second kappa shape index (κ2) is 9.26. The lowest BCUT2D eigenvalue weighted by Gasteiger charge is -2.18. The van der Waals surface area contributed by atoms with E-state index < -0.39 is 10.8 Å². The van der Waals surface area contributed by atoms with Crippen LogP contribution in [0, 0.1) is 17.0 Å². The quantitative estimate of drug-likeness (QED) is 0.411. The Hall–Kier alpha value is -2.61. The highest BCUT2D eigenvalue weighted by Crippen LogP contribution is 2.34. The number of hydrogen-bond acceptors (Lipinski definition) is 6. The highest BCUT2D eigenvalue weighted by molar-refractivity contribution is 7.98. The number of benzene rings is 1. The topological polar surface area (TPSA) is 86.7 Å². The van der Waals surface area contributed by atoms with Gasteiger partial charge in [-0.3, -0.25) is 24.5 Å². The first kappa shape index (κ1) is 21.1. The Bertz CT molecular complexity index is 994. The van der Waals surface area contributed by atoms with Gasteiger partial charge >= 0.3 is 0 Å². The number of thioether (sulfide) groups is 1. The molecule has 1 heterocycles. The Morgan fingerprint density at radius 1 is 1.28 bits per heavy atom. The zero-order valence-electron chi connectivity index (χ0n) is 16.9. The van der Waals surface area contributed by atoms with E-state index in [0.717, 1.165) is 31.2 Å². The molecule has 0 unspecified atom stereocenters. The van der Waals surface area contributed by atoms with E-state index >= 15 is 0 Å². The van der Waals surface area contributed by atoms with E-state index in [1.807, 2.05) is 25.3 Å². The van der Waals surface area contributed by atoms with Crippen LogP contribution in [0.1, 0.15) is 48.0 Å². The molecule has 0 amide bonds. The van der Waals surface area contributed by atoms with Crippen molar-refractivity contribution in [2.24, 2.45) is 4.99 Å². The van der Waals surface area contributed by atoms with Crippen LogP contribution in [0.3, 0.4) is 0 Å². The monoisotopic (exact) mass is 415 g/mol. The summed E-state index contributed by atoms with van der Waals surface area (Å²) in [4.78, 5) is 29.9. The Morgan fingerprint density at radius 3 is 2.62 bits per heavy atom. The van der Waals surface area contributed by atoms with Crippen molar-refractivity contribution in [3.05, 3.63) is 57.2 Å². The average Bonchev–Trinajstić information content (AvgIpc) is 2.73. The van der Waals surface area contributed by atoms with Crippen molar-refractivity contribution in [3.63, 3.8) is 0 Å². The maximum atomic E-state index is 13.4. The number of aromatic nitrogens is 1. The van der Waals surface area contributed by atoms with Crippen molar-refractivity contribution in [2.75, 3.05) is 13.4 Å². The van der Waals surface area contributed by atoms with Crippen molar-refractivity contribution in [1.29, 1.82) is 0 Å². The molecule has 8 heteroatoms. The number of methoxy groups -OCH3 is 1.